The van der Waals surface area contributed by atoms with E-state index in [0.29, 0.717) is 5.57 Å². The summed E-state index contributed by atoms with van der Waals surface area (Å²) < 4.78 is 5.52. The first-order valence-electron chi connectivity index (χ1n) is 5.21. The molecule has 0 fully saturated rings. The molecule has 1 aromatic rings. The van der Waals surface area contributed by atoms with Crippen molar-refractivity contribution < 1.29 is 19.4 Å². The van der Waals surface area contributed by atoms with E-state index in [1.54, 1.807) is 6.92 Å². The third-order valence-corrected chi connectivity index (χ3v) is 3.02. The zero-order valence-electron chi connectivity index (χ0n) is 10.1. The number of esters is 1. The summed E-state index contributed by atoms with van der Waals surface area (Å²) in [4.78, 5) is 22.3. The van der Waals surface area contributed by atoms with Crippen LogP contribution in [0.2, 0.25) is 0 Å². The van der Waals surface area contributed by atoms with E-state index in [4.69, 9.17) is 5.11 Å². The lowest BCUT2D eigenvalue weighted by atomic mass is 9.99. The summed E-state index contributed by atoms with van der Waals surface area (Å²) in [6, 6.07) is 7.28. The highest BCUT2D eigenvalue weighted by atomic mass is 79.9. The molecule has 0 radical (unpaired) electrons. The van der Waals surface area contributed by atoms with Crippen molar-refractivity contribution in [2.24, 2.45) is 0 Å². The molecule has 0 unspecified atom stereocenters. The summed E-state index contributed by atoms with van der Waals surface area (Å²) in [6.07, 6.45) is -0.353. The number of aliphatic carboxylic acids is 1. The zero-order chi connectivity index (χ0) is 13.7. The van der Waals surface area contributed by atoms with E-state index < -0.39 is 11.9 Å². The van der Waals surface area contributed by atoms with Gasteiger partial charge < -0.3 is 9.84 Å². The van der Waals surface area contributed by atoms with Crippen LogP contribution in [0.25, 0.3) is 5.57 Å². The molecule has 0 saturated heterocycles. The number of halogens is 1. The lowest BCUT2D eigenvalue weighted by Gasteiger charge is -2.09. The molecule has 5 heteroatoms. The molecule has 96 valence electrons. The first-order valence-corrected chi connectivity index (χ1v) is 6.00. The molecule has 0 bridgehead atoms. The van der Waals surface area contributed by atoms with Crippen molar-refractivity contribution in [3.8, 4) is 0 Å². The van der Waals surface area contributed by atoms with Gasteiger partial charge in [0.15, 0.2) is 0 Å². The predicted molar refractivity (Wildman–Crippen MR) is 71.0 cm³/mol. The number of carbonyl (C=O) groups is 2. The van der Waals surface area contributed by atoms with Crippen LogP contribution >= 0.6 is 15.9 Å². The van der Waals surface area contributed by atoms with Gasteiger partial charge >= 0.3 is 11.9 Å². The second kappa shape index (κ2) is 6.35. The molecule has 4 nitrogen and oxygen atoms in total. The maximum absolute atomic E-state index is 11.6. The number of allylic oxidation sites excluding steroid dienone is 1. The van der Waals surface area contributed by atoms with Gasteiger partial charge in [0.05, 0.1) is 19.1 Å². The van der Waals surface area contributed by atoms with Gasteiger partial charge in [-0.15, -0.1) is 0 Å². The van der Waals surface area contributed by atoms with E-state index >= 15 is 0 Å². The number of hydrogen-bond acceptors (Lipinski definition) is 3. The Labute approximate surface area is 113 Å². The number of rotatable bonds is 4. The van der Waals surface area contributed by atoms with Crippen LogP contribution in [-0.4, -0.2) is 24.2 Å². The Morgan fingerprint density at radius 1 is 1.28 bits per heavy atom. The average molecular weight is 313 g/mol. The monoisotopic (exact) mass is 312 g/mol. The van der Waals surface area contributed by atoms with Crippen LogP contribution in [0.1, 0.15) is 18.9 Å². The van der Waals surface area contributed by atoms with Gasteiger partial charge in [-0.1, -0.05) is 28.1 Å². The van der Waals surface area contributed by atoms with Crippen molar-refractivity contribution in [2.45, 2.75) is 13.3 Å². The minimum atomic E-state index is -1.06. The molecule has 1 N–H and O–H groups in total. The van der Waals surface area contributed by atoms with Crippen LogP contribution in [0.3, 0.4) is 0 Å². The van der Waals surface area contributed by atoms with Crippen molar-refractivity contribution >= 4 is 33.4 Å². The van der Waals surface area contributed by atoms with Crippen LogP contribution in [0.5, 0.6) is 0 Å². The predicted octanol–water partition coefficient (Wildman–Crippen LogP) is 2.87. The largest absolute Gasteiger partial charge is 0.481 e. The van der Waals surface area contributed by atoms with E-state index in [-0.39, 0.29) is 12.0 Å². The van der Waals surface area contributed by atoms with Gasteiger partial charge in [0.1, 0.15) is 0 Å². The first kappa shape index (κ1) is 14.4. The fourth-order valence-corrected chi connectivity index (χ4v) is 1.77. The van der Waals surface area contributed by atoms with Gasteiger partial charge in [-0.2, -0.15) is 0 Å². The van der Waals surface area contributed by atoms with Crippen molar-refractivity contribution in [3.63, 3.8) is 0 Å². The molecule has 18 heavy (non-hydrogen) atoms. The molecule has 1 rings (SSSR count). The zero-order valence-corrected chi connectivity index (χ0v) is 11.7. The van der Waals surface area contributed by atoms with Crippen LogP contribution in [0.15, 0.2) is 34.3 Å². The van der Waals surface area contributed by atoms with Gasteiger partial charge in [-0.3, -0.25) is 4.79 Å². The fourth-order valence-electron chi connectivity index (χ4n) is 1.51. The third-order valence-electron chi connectivity index (χ3n) is 2.49. The second-order valence-corrected chi connectivity index (χ2v) is 4.59. The highest BCUT2D eigenvalue weighted by Gasteiger charge is 2.17. The molecule has 0 aliphatic heterocycles. The highest BCUT2D eigenvalue weighted by Crippen LogP contribution is 2.23. The minimum Gasteiger partial charge on any atom is -0.481 e. The number of hydrogen-bond donors (Lipinski definition) is 1. The summed E-state index contributed by atoms with van der Waals surface area (Å²) in [7, 11) is 1.24. The topological polar surface area (TPSA) is 63.6 Å². The van der Waals surface area contributed by atoms with E-state index in [1.165, 1.54) is 7.11 Å². The Morgan fingerprint density at radius 2 is 1.83 bits per heavy atom. The molecule has 0 atom stereocenters. The summed E-state index contributed by atoms with van der Waals surface area (Å²) in [5.41, 5.74) is 1.56. The smallest absolute Gasteiger partial charge is 0.334 e. The third kappa shape index (κ3) is 3.70. The van der Waals surface area contributed by atoms with Crippen molar-refractivity contribution in [3.05, 3.63) is 39.9 Å². The lowest BCUT2D eigenvalue weighted by Crippen LogP contribution is -2.11. The van der Waals surface area contributed by atoms with Gasteiger partial charge in [-0.25, -0.2) is 4.79 Å². The summed E-state index contributed by atoms with van der Waals surface area (Å²) in [5, 5.41) is 8.82. The van der Waals surface area contributed by atoms with E-state index in [2.05, 4.69) is 20.7 Å². The molecule has 0 aliphatic rings. The first-order chi connectivity index (χ1) is 8.45. The van der Waals surface area contributed by atoms with Crippen molar-refractivity contribution in [1.82, 2.24) is 0 Å². The van der Waals surface area contributed by atoms with Crippen LogP contribution in [0.4, 0.5) is 0 Å². The number of carboxylic acids is 1. The van der Waals surface area contributed by atoms with Crippen LogP contribution < -0.4 is 0 Å². The maximum atomic E-state index is 11.6. The Hall–Kier alpha value is -1.62. The number of ether oxygens (including phenoxy) is 1. The molecule has 0 saturated carbocycles. The Balaban J connectivity index is 3.21. The van der Waals surface area contributed by atoms with Gasteiger partial charge in [0.2, 0.25) is 0 Å². The Bertz CT molecular complexity index is 488. The molecule has 0 amide bonds. The Kier molecular flexibility index (Phi) is 5.09. The molecular formula is C13H13BrO4. The van der Waals surface area contributed by atoms with Crippen molar-refractivity contribution in [1.29, 1.82) is 0 Å². The number of carboxylic acid groups (broad SMARTS) is 1. The molecule has 0 spiro atoms. The average Bonchev–Trinajstić information content (AvgIpc) is 2.35. The molecule has 0 aromatic heterocycles. The van der Waals surface area contributed by atoms with Crippen LogP contribution in [0, 0.1) is 0 Å². The Morgan fingerprint density at radius 3 is 2.28 bits per heavy atom. The maximum Gasteiger partial charge on any atom is 0.334 e. The summed E-state index contributed by atoms with van der Waals surface area (Å²) in [5.74, 6) is -1.68. The normalized spacial score (nSPS) is 11.7. The van der Waals surface area contributed by atoms with Gasteiger partial charge in [0, 0.05) is 4.47 Å². The highest BCUT2D eigenvalue weighted by molar-refractivity contribution is 9.10. The van der Waals surface area contributed by atoms with E-state index in [1.807, 2.05) is 24.3 Å². The quantitative estimate of drug-likeness (QED) is 0.686. The number of benzene rings is 1. The molecule has 1 aromatic carbocycles. The van der Waals surface area contributed by atoms with E-state index in [0.717, 1.165) is 10.0 Å². The van der Waals surface area contributed by atoms with Crippen LogP contribution in [-0.2, 0) is 14.3 Å². The molecule has 0 aliphatic carbocycles. The molecule has 0 heterocycles. The summed E-state index contributed by atoms with van der Waals surface area (Å²) in [6.45, 7) is 1.71. The number of carbonyl (C=O) groups excluding carboxylic acids is 1. The van der Waals surface area contributed by atoms with Gasteiger partial charge in [0.25, 0.3) is 0 Å². The minimum absolute atomic E-state index is 0.160. The van der Waals surface area contributed by atoms with Crippen molar-refractivity contribution in [2.75, 3.05) is 7.11 Å². The lowest BCUT2D eigenvalue weighted by molar-refractivity contribution is -0.141. The van der Waals surface area contributed by atoms with Gasteiger partial charge in [-0.05, 0) is 30.2 Å². The fraction of sp³-hybridized carbons (Fsp3) is 0.231. The van der Waals surface area contributed by atoms with E-state index in [9.17, 15) is 9.59 Å². The second-order valence-electron chi connectivity index (χ2n) is 3.67. The standard InChI is InChI=1S/C13H13BrO4/c1-8(9-3-5-10(14)6-4-9)11(7-12(15)16)13(17)18-2/h3-6H,7H2,1-2H3,(H,15,16). The summed E-state index contributed by atoms with van der Waals surface area (Å²) >= 11 is 3.31. The molecular weight excluding hydrogens is 300 g/mol. The SMILES string of the molecule is COC(=O)C(CC(=O)O)=C(C)c1ccc(Br)cc1. The number of methoxy groups -OCH3 is 1.